The van der Waals surface area contributed by atoms with Crippen molar-refractivity contribution in [2.75, 3.05) is 34.2 Å². The van der Waals surface area contributed by atoms with Crippen LogP contribution in [0.5, 0.6) is 0 Å². The maximum absolute atomic E-state index is 12.0. The van der Waals surface area contributed by atoms with Crippen LogP contribution in [0.4, 0.5) is 0 Å². The van der Waals surface area contributed by atoms with Crippen molar-refractivity contribution < 1.29 is 4.79 Å². The molecule has 16 heavy (non-hydrogen) atoms. The maximum atomic E-state index is 12.0. The van der Waals surface area contributed by atoms with Crippen LogP contribution in [0.2, 0.25) is 0 Å². The lowest BCUT2D eigenvalue weighted by Gasteiger charge is -2.19. The highest BCUT2D eigenvalue weighted by molar-refractivity contribution is 5.94. The largest absolute Gasteiger partial charge is 0.340 e. The molecule has 0 aliphatic rings. The van der Waals surface area contributed by atoms with Gasteiger partial charge in [-0.25, -0.2) is 0 Å². The zero-order valence-electron chi connectivity index (χ0n) is 10.2. The van der Waals surface area contributed by atoms with Crippen molar-refractivity contribution in [3.05, 3.63) is 42.3 Å². The average molecular weight is 219 g/mol. The van der Waals surface area contributed by atoms with E-state index in [0.29, 0.717) is 5.56 Å². The minimum atomic E-state index is 0.0573. The van der Waals surface area contributed by atoms with Crippen molar-refractivity contribution in [2.24, 2.45) is 0 Å². The zero-order valence-corrected chi connectivity index (χ0v) is 10.2. The number of likely N-dealkylation sites (N-methyl/N-ethyl adjacent to an activating group) is 2. The summed E-state index contributed by atoms with van der Waals surface area (Å²) in [6.45, 7) is 5.40. The van der Waals surface area contributed by atoms with Crippen LogP contribution in [0.3, 0.4) is 0 Å². The van der Waals surface area contributed by atoms with Gasteiger partial charge in [0.2, 0.25) is 0 Å². The van der Waals surface area contributed by atoms with Gasteiger partial charge in [-0.15, -0.1) is 0 Å². The summed E-state index contributed by atoms with van der Waals surface area (Å²) in [6, 6.07) is 7.34. The van der Waals surface area contributed by atoms with E-state index < -0.39 is 0 Å². The molecule has 0 unspecified atom stereocenters. The standard InChI is InChI=1S/C13H19N2O/c1-11-5-7-12(8-6-11)13(16)15(4)10-9-14(2)3/h5-8H,1,9-10H2,2-4H3. The van der Waals surface area contributed by atoms with Crippen molar-refractivity contribution in [3.8, 4) is 0 Å². The van der Waals surface area contributed by atoms with E-state index in [0.717, 1.165) is 18.7 Å². The summed E-state index contributed by atoms with van der Waals surface area (Å²) in [5.41, 5.74) is 1.64. The van der Waals surface area contributed by atoms with Crippen molar-refractivity contribution >= 4 is 5.91 Å². The lowest BCUT2D eigenvalue weighted by atomic mass is 10.1. The molecule has 0 aromatic heterocycles. The predicted octanol–water partition coefficient (Wildman–Crippen LogP) is 1.50. The summed E-state index contributed by atoms with van der Waals surface area (Å²) in [5, 5.41) is 0. The Hall–Kier alpha value is -1.35. The smallest absolute Gasteiger partial charge is 0.253 e. The van der Waals surface area contributed by atoms with Crippen molar-refractivity contribution in [2.45, 2.75) is 0 Å². The van der Waals surface area contributed by atoms with Gasteiger partial charge in [0.25, 0.3) is 5.91 Å². The Morgan fingerprint density at radius 2 is 1.69 bits per heavy atom. The molecule has 1 aromatic rings. The SMILES string of the molecule is [CH2]c1ccc(C(=O)N(C)CCN(C)C)cc1. The van der Waals surface area contributed by atoms with Crippen LogP contribution in [-0.4, -0.2) is 49.9 Å². The second-order valence-electron chi connectivity index (χ2n) is 4.23. The summed E-state index contributed by atoms with van der Waals surface area (Å²) in [5.74, 6) is 0.0573. The Morgan fingerprint density at radius 3 is 2.19 bits per heavy atom. The predicted molar refractivity (Wildman–Crippen MR) is 66.4 cm³/mol. The average Bonchev–Trinajstić information content (AvgIpc) is 2.26. The number of carbonyl (C=O) groups excluding carboxylic acids is 1. The van der Waals surface area contributed by atoms with Gasteiger partial charge in [0.15, 0.2) is 0 Å². The molecule has 0 bridgehead atoms. The van der Waals surface area contributed by atoms with E-state index in [4.69, 9.17) is 0 Å². The van der Waals surface area contributed by atoms with Crippen LogP contribution in [0.1, 0.15) is 15.9 Å². The second-order valence-corrected chi connectivity index (χ2v) is 4.23. The third-order valence-corrected chi connectivity index (χ3v) is 2.43. The van der Waals surface area contributed by atoms with Crippen molar-refractivity contribution in [1.29, 1.82) is 0 Å². The van der Waals surface area contributed by atoms with Crippen molar-refractivity contribution in [1.82, 2.24) is 9.80 Å². The van der Waals surface area contributed by atoms with E-state index >= 15 is 0 Å². The van der Waals surface area contributed by atoms with Gasteiger partial charge < -0.3 is 9.80 Å². The van der Waals surface area contributed by atoms with Gasteiger partial charge >= 0.3 is 0 Å². The molecule has 3 nitrogen and oxygen atoms in total. The van der Waals surface area contributed by atoms with E-state index in [1.165, 1.54) is 0 Å². The molecule has 0 saturated heterocycles. The Morgan fingerprint density at radius 1 is 1.12 bits per heavy atom. The molecule has 1 rings (SSSR count). The lowest BCUT2D eigenvalue weighted by molar-refractivity contribution is 0.0786. The highest BCUT2D eigenvalue weighted by Crippen LogP contribution is 2.05. The third kappa shape index (κ3) is 3.66. The van der Waals surface area contributed by atoms with Crippen LogP contribution in [0.25, 0.3) is 0 Å². The van der Waals surface area contributed by atoms with Crippen molar-refractivity contribution in [3.63, 3.8) is 0 Å². The monoisotopic (exact) mass is 219 g/mol. The minimum Gasteiger partial charge on any atom is -0.340 e. The molecule has 0 N–H and O–H groups in total. The van der Waals surface area contributed by atoms with Gasteiger partial charge in [-0.3, -0.25) is 4.79 Å². The quantitative estimate of drug-likeness (QED) is 0.766. The van der Waals surface area contributed by atoms with Gasteiger partial charge in [-0.05, 0) is 38.7 Å². The zero-order chi connectivity index (χ0) is 12.1. The van der Waals surface area contributed by atoms with E-state index in [2.05, 4.69) is 11.8 Å². The molecular weight excluding hydrogens is 200 g/mol. The highest BCUT2D eigenvalue weighted by atomic mass is 16.2. The summed E-state index contributed by atoms with van der Waals surface area (Å²) in [6.07, 6.45) is 0. The third-order valence-electron chi connectivity index (χ3n) is 2.43. The fourth-order valence-corrected chi connectivity index (χ4v) is 1.32. The Balaban J connectivity index is 2.60. The van der Waals surface area contributed by atoms with Gasteiger partial charge in [-0.1, -0.05) is 12.1 Å². The number of hydrogen-bond donors (Lipinski definition) is 0. The van der Waals surface area contributed by atoms with Gasteiger partial charge in [0.1, 0.15) is 0 Å². The molecule has 0 fully saturated rings. The van der Waals surface area contributed by atoms with E-state index in [1.54, 1.807) is 4.90 Å². The first-order valence-electron chi connectivity index (χ1n) is 5.33. The molecule has 0 heterocycles. The van der Waals surface area contributed by atoms with Gasteiger partial charge in [-0.2, -0.15) is 0 Å². The second kappa shape index (κ2) is 5.66. The Labute approximate surface area is 97.7 Å². The van der Waals surface area contributed by atoms with Crippen LogP contribution in [0, 0.1) is 6.92 Å². The Bertz CT molecular complexity index is 343. The molecule has 1 radical (unpaired) electrons. The topological polar surface area (TPSA) is 23.6 Å². The molecule has 0 spiro atoms. The molecule has 0 saturated carbocycles. The highest BCUT2D eigenvalue weighted by Gasteiger charge is 2.10. The molecule has 1 aromatic carbocycles. The first-order valence-corrected chi connectivity index (χ1v) is 5.33. The molecule has 3 heteroatoms. The first-order chi connectivity index (χ1) is 7.50. The lowest BCUT2D eigenvalue weighted by Crippen LogP contribution is -2.33. The fraction of sp³-hybridized carbons (Fsp3) is 0.385. The first kappa shape index (κ1) is 12.7. The number of rotatable bonds is 4. The number of hydrogen-bond acceptors (Lipinski definition) is 2. The number of benzene rings is 1. The summed E-state index contributed by atoms with van der Waals surface area (Å²) < 4.78 is 0. The van der Waals surface area contributed by atoms with E-state index in [1.807, 2.05) is 45.4 Å². The minimum absolute atomic E-state index is 0.0573. The molecule has 0 atom stereocenters. The molecule has 87 valence electrons. The maximum Gasteiger partial charge on any atom is 0.253 e. The summed E-state index contributed by atoms with van der Waals surface area (Å²) >= 11 is 0. The van der Waals surface area contributed by atoms with Gasteiger partial charge in [0, 0.05) is 25.7 Å². The normalized spacial score (nSPS) is 10.6. The summed E-state index contributed by atoms with van der Waals surface area (Å²) in [4.78, 5) is 15.7. The molecule has 0 aliphatic carbocycles. The van der Waals surface area contributed by atoms with Gasteiger partial charge in [0.05, 0.1) is 0 Å². The summed E-state index contributed by atoms with van der Waals surface area (Å²) in [7, 11) is 5.82. The Kier molecular flexibility index (Phi) is 4.50. The molecular formula is C13H19N2O. The van der Waals surface area contributed by atoms with E-state index in [9.17, 15) is 4.79 Å². The van der Waals surface area contributed by atoms with Crippen LogP contribution in [-0.2, 0) is 0 Å². The number of amides is 1. The fourth-order valence-electron chi connectivity index (χ4n) is 1.32. The molecule has 0 aliphatic heterocycles. The van der Waals surface area contributed by atoms with Crippen LogP contribution < -0.4 is 0 Å². The number of carbonyl (C=O) groups is 1. The molecule has 1 amide bonds. The van der Waals surface area contributed by atoms with Crippen LogP contribution >= 0.6 is 0 Å². The number of nitrogens with zero attached hydrogens (tertiary/aromatic N) is 2. The van der Waals surface area contributed by atoms with E-state index in [-0.39, 0.29) is 5.91 Å². The van der Waals surface area contributed by atoms with Crippen LogP contribution in [0.15, 0.2) is 24.3 Å².